The van der Waals surface area contributed by atoms with Gasteiger partial charge in [-0.25, -0.2) is 0 Å². The summed E-state index contributed by atoms with van der Waals surface area (Å²) in [4.78, 5) is 0. The predicted molar refractivity (Wildman–Crippen MR) is 72.7 cm³/mol. The third kappa shape index (κ3) is 2.44. The Morgan fingerprint density at radius 2 is 2.06 bits per heavy atom. The highest BCUT2D eigenvalue weighted by Crippen LogP contribution is 2.39. The molecule has 1 aromatic rings. The number of hydrogen-bond acceptors (Lipinski definition) is 2. The Morgan fingerprint density at radius 3 is 2.78 bits per heavy atom. The molecule has 2 aliphatic heterocycles. The van der Waals surface area contributed by atoms with Crippen molar-refractivity contribution in [1.82, 2.24) is 5.32 Å². The quantitative estimate of drug-likeness (QED) is 0.827. The van der Waals surface area contributed by atoms with Crippen LogP contribution >= 0.6 is 0 Å². The van der Waals surface area contributed by atoms with Crippen molar-refractivity contribution in [2.24, 2.45) is 0 Å². The molecule has 0 spiro atoms. The maximum atomic E-state index is 6.32. The molecule has 0 aromatic heterocycles. The summed E-state index contributed by atoms with van der Waals surface area (Å²) < 4.78 is 6.32. The maximum absolute atomic E-state index is 6.32. The summed E-state index contributed by atoms with van der Waals surface area (Å²) in [5, 5.41) is 3.58. The third-order valence-electron chi connectivity index (χ3n) is 3.89. The fraction of sp³-hybridized carbons (Fsp3) is 0.600. The van der Waals surface area contributed by atoms with Crippen molar-refractivity contribution in [3.8, 4) is 0 Å². The zero-order valence-electron chi connectivity index (χ0n) is 11.2. The van der Waals surface area contributed by atoms with Crippen LogP contribution in [0.1, 0.15) is 43.9 Å². The van der Waals surface area contributed by atoms with Gasteiger partial charge in [0.25, 0.3) is 0 Å². The largest absolute Gasteiger partial charge is 0.412 e. The van der Waals surface area contributed by atoms with E-state index in [-0.39, 0.29) is 17.2 Å². The van der Waals surface area contributed by atoms with Crippen LogP contribution in [0.3, 0.4) is 0 Å². The van der Waals surface area contributed by atoms with Crippen molar-refractivity contribution in [2.75, 3.05) is 6.54 Å². The molecule has 0 aliphatic carbocycles. The molecule has 1 saturated heterocycles. The van der Waals surface area contributed by atoms with Crippen molar-refractivity contribution in [3.63, 3.8) is 0 Å². The SMILES string of the molecule is CC1(C)Cc2ccccc2[C@@H]([C@@H]2CCCN2)O1.O. The molecule has 2 heterocycles. The topological polar surface area (TPSA) is 52.8 Å². The van der Waals surface area contributed by atoms with Crippen LogP contribution in [0.2, 0.25) is 0 Å². The molecular weight excluding hydrogens is 226 g/mol. The fourth-order valence-electron chi connectivity index (χ4n) is 3.15. The summed E-state index contributed by atoms with van der Waals surface area (Å²) in [6, 6.07) is 9.24. The Labute approximate surface area is 109 Å². The molecule has 3 nitrogen and oxygen atoms in total. The molecule has 0 bridgehead atoms. The van der Waals surface area contributed by atoms with E-state index in [1.165, 1.54) is 24.0 Å². The summed E-state index contributed by atoms with van der Waals surface area (Å²) in [7, 11) is 0. The normalized spacial score (nSPS) is 29.4. The van der Waals surface area contributed by atoms with Crippen LogP contribution in [0, 0.1) is 0 Å². The van der Waals surface area contributed by atoms with E-state index in [4.69, 9.17) is 4.74 Å². The molecule has 100 valence electrons. The lowest BCUT2D eigenvalue weighted by Crippen LogP contribution is -2.41. The van der Waals surface area contributed by atoms with Gasteiger partial charge in [0.15, 0.2) is 0 Å². The maximum Gasteiger partial charge on any atom is 0.0987 e. The standard InChI is InChI=1S/C15H21NO.H2O/c1-15(2)10-11-6-3-4-7-12(11)14(17-15)13-8-5-9-16-13;/h3-4,6-7,13-14,16H,5,8-10H2,1-2H3;1H2/t13-,14-;/m0./s1. The van der Waals surface area contributed by atoms with Crippen LogP contribution in [0.5, 0.6) is 0 Å². The van der Waals surface area contributed by atoms with Crippen LogP contribution in [0.15, 0.2) is 24.3 Å². The van der Waals surface area contributed by atoms with Crippen molar-refractivity contribution in [2.45, 2.75) is 50.9 Å². The highest BCUT2D eigenvalue weighted by Gasteiger charge is 2.37. The lowest BCUT2D eigenvalue weighted by molar-refractivity contribution is -0.0969. The van der Waals surface area contributed by atoms with E-state index in [9.17, 15) is 0 Å². The van der Waals surface area contributed by atoms with Gasteiger partial charge < -0.3 is 15.5 Å². The Kier molecular flexibility index (Phi) is 3.76. The molecule has 3 N–H and O–H groups in total. The number of benzene rings is 1. The van der Waals surface area contributed by atoms with E-state index < -0.39 is 0 Å². The lowest BCUT2D eigenvalue weighted by Gasteiger charge is -2.40. The fourth-order valence-corrected chi connectivity index (χ4v) is 3.15. The molecule has 1 aromatic carbocycles. The second-order valence-electron chi connectivity index (χ2n) is 5.88. The Balaban J connectivity index is 0.00000120. The van der Waals surface area contributed by atoms with Gasteiger partial charge in [-0.3, -0.25) is 0 Å². The molecule has 18 heavy (non-hydrogen) atoms. The van der Waals surface area contributed by atoms with E-state index >= 15 is 0 Å². The minimum atomic E-state index is -0.0384. The van der Waals surface area contributed by atoms with Crippen LogP contribution < -0.4 is 5.32 Å². The molecular formula is C15H23NO2. The molecule has 0 amide bonds. The van der Waals surface area contributed by atoms with Crippen molar-refractivity contribution in [3.05, 3.63) is 35.4 Å². The van der Waals surface area contributed by atoms with Gasteiger partial charge in [-0.2, -0.15) is 0 Å². The summed E-state index contributed by atoms with van der Waals surface area (Å²) in [5.41, 5.74) is 2.82. The molecule has 1 fully saturated rings. The van der Waals surface area contributed by atoms with Gasteiger partial charge in [0, 0.05) is 12.5 Å². The monoisotopic (exact) mass is 249 g/mol. The molecule has 0 unspecified atom stereocenters. The van der Waals surface area contributed by atoms with Crippen molar-refractivity contribution >= 4 is 0 Å². The smallest absolute Gasteiger partial charge is 0.0987 e. The van der Waals surface area contributed by atoms with E-state index in [0.717, 1.165) is 13.0 Å². The molecule has 0 saturated carbocycles. The second kappa shape index (κ2) is 5.00. The number of hydrogen-bond donors (Lipinski definition) is 1. The minimum absolute atomic E-state index is 0. The second-order valence-corrected chi connectivity index (χ2v) is 5.88. The van der Waals surface area contributed by atoms with Crippen LogP contribution in [0.25, 0.3) is 0 Å². The van der Waals surface area contributed by atoms with Crippen molar-refractivity contribution < 1.29 is 10.2 Å². The highest BCUT2D eigenvalue weighted by atomic mass is 16.5. The Hall–Kier alpha value is -0.900. The lowest BCUT2D eigenvalue weighted by atomic mass is 9.86. The van der Waals surface area contributed by atoms with E-state index in [0.29, 0.717) is 6.04 Å². The number of ether oxygens (including phenoxy) is 1. The summed E-state index contributed by atoms with van der Waals surface area (Å²) in [6.07, 6.45) is 3.76. The first-order chi connectivity index (χ1) is 8.16. The summed E-state index contributed by atoms with van der Waals surface area (Å²) in [6.45, 7) is 5.53. The zero-order chi connectivity index (χ0) is 11.9. The Morgan fingerprint density at radius 1 is 1.28 bits per heavy atom. The van der Waals surface area contributed by atoms with Gasteiger partial charge in [-0.15, -0.1) is 0 Å². The third-order valence-corrected chi connectivity index (χ3v) is 3.89. The van der Waals surface area contributed by atoms with E-state index in [1.54, 1.807) is 0 Å². The number of rotatable bonds is 1. The van der Waals surface area contributed by atoms with Crippen molar-refractivity contribution in [1.29, 1.82) is 0 Å². The number of nitrogens with one attached hydrogen (secondary N) is 1. The van der Waals surface area contributed by atoms with Crippen LogP contribution in [-0.4, -0.2) is 23.7 Å². The first kappa shape index (κ1) is 13.5. The van der Waals surface area contributed by atoms with E-state index in [2.05, 4.69) is 43.4 Å². The molecule has 3 rings (SSSR count). The van der Waals surface area contributed by atoms with Gasteiger partial charge in [0.2, 0.25) is 0 Å². The first-order valence-electron chi connectivity index (χ1n) is 6.65. The molecule has 3 heteroatoms. The number of fused-ring (bicyclic) bond motifs is 1. The van der Waals surface area contributed by atoms with Gasteiger partial charge in [0.05, 0.1) is 11.7 Å². The van der Waals surface area contributed by atoms with Gasteiger partial charge >= 0.3 is 0 Å². The zero-order valence-corrected chi connectivity index (χ0v) is 11.2. The van der Waals surface area contributed by atoms with Crippen LogP contribution in [-0.2, 0) is 11.2 Å². The average Bonchev–Trinajstić information content (AvgIpc) is 2.80. The Bertz CT molecular complexity index is 411. The predicted octanol–water partition coefficient (Wildman–Crippen LogP) is 2.01. The van der Waals surface area contributed by atoms with Gasteiger partial charge in [0.1, 0.15) is 0 Å². The van der Waals surface area contributed by atoms with E-state index in [1.807, 2.05) is 0 Å². The first-order valence-corrected chi connectivity index (χ1v) is 6.65. The molecule has 2 aliphatic rings. The van der Waals surface area contributed by atoms with Crippen LogP contribution in [0.4, 0.5) is 0 Å². The highest BCUT2D eigenvalue weighted by molar-refractivity contribution is 5.33. The van der Waals surface area contributed by atoms with Gasteiger partial charge in [-0.1, -0.05) is 24.3 Å². The molecule has 2 atom stereocenters. The van der Waals surface area contributed by atoms with Gasteiger partial charge in [-0.05, 0) is 44.4 Å². The summed E-state index contributed by atoms with van der Waals surface area (Å²) in [5.74, 6) is 0. The molecule has 0 radical (unpaired) electrons. The average molecular weight is 249 g/mol. The summed E-state index contributed by atoms with van der Waals surface area (Å²) >= 11 is 0. The minimum Gasteiger partial charge on any atom is -0.412 e.